The Morgan fingerprint density at radius 2 is 2.29 bits per heavy atom. The number of aryl methyl sites for hydroxylation is 1. The number of esters is 1. The van der Waals surface area contributed by atoms with E-state index in [2.05, 4.69) is 20.6 Å². The van der Waals surface area contributed by atoms with Crippen LogP contribution >= 0.6 is 11.3 Å². The normalized spacial score (nSPS) is 12.6. The van der Waals surface area contributed by atoms with E-state index in [4.69, 9.17) is 13.9 Å². The van der Waals surface area contributed by atoms with E-state index in [1.54, 1.807) is 20.2 Å². The number of nitrogens with one attached hydrogen (secondary N) is 2. The first kappa shape index (κ1) is 21.9. The van der Waals surface area contributed by atoms with Crippen LogP contribution < -0.4 is 10.6 Å². The topological polar surface area (TPSA) is 98.0 Å². The number of furan rings is 1. The predicted molar refractivity (Wildman–Crippen MR) is 109 cm³/mol. The number of hydrogen-bond donors (Lipinski definition) is 2. The standard InChI is InChI=1S/C19H28N4O4S/c1-5-26-18(24)16-13(2)22-17(28-16)14(3)23-19(20-4)21-9-7-10-25-12-15-8-6-11-27-15/h6,8,11,14H,5,7,9-10,12H2,1-4H3,(H2,20,21,23). The summed E-state index contributed by atoms with van der Waals surface area (Å²) in [7, 11) is 1.71. The highest BCUT2D eigenvalue weighted by Crippen LogP contribution is 2.24. The number of guanidine groups is 1. The minimum Gasteiger partial charge on any atom is -0.467 e. The van der Waals surface area contributed by atoms with Crippen LogP contribution in [-0.2, 0) is 16.1 Å². The number of hydrogen-bond acceptors (Lipinski definition) is 7. The molecule has 0 fully saturated rings. The van der Waals surface area contributed by atoms with Crippen LogP contribution in [0.25, 0.3) is 0 Å². The molecule has 0 saturated carbocycles. The van der Waals surface area contributed by atoms with Gasteiger partial charge >= 0.3 is 5.97 Å². The summed E-state index contributed by atoms with van der Waals surface area (Å²) >= 11 is 1.34. The van der Waals surface area contributed by atoms with Crippen molar-refractivity contribution in [2.24, 2.45) is 4.99 Å². The molecule has 0 spiro atoms. The zero-order valence-corrected chi connectivity index (χ0v) is 17.6. The zero-order chi connectivity index (χ0) is 20.4. The third-order valence-corrected chi connectivity index (χ3v) is 5.12. The number of nitrogens with zero attached hydrogens (tertiary/aromatic N) is 2. The molecule has 0 radical (unpaired) electrons. The fourth-order valence-corrected chi connectivity index (χ4v) is 3.36. The van der Waals surface area contributed by atoms with E-state index < -0.39 is 0 Å². The first-order chi connectivity index (χ1) is 13.5. The number of ether oxygens (including phenoxy) is 2. The van der Waals surface area contributed by atoms with Crippen LogP contribution in [0.4, 0.5) is 0 Å². The Bertz CT molecular complexity index is 758. The van der Waals surface area contributed by atoms with E-state index in [0.717, 1.165) is 23.7 Å². The number of thiazole rings is 1. The zero-order valence-electron chi connectivity index (χ0n) is 16.8. The molecule has 0 bridgehead atoms. The Balaban J connectivity index is 1.74. The van der Waals surface area contributed by atoms with Gasteiger partial charge in [-0.1, -0.05) is 0 Å². The number of carbonyl (C=O) groups is 1. The van der Waals surface area contributed by atoms with Crippen molar-refractivity contribution < 1.29 is 18.7 Å². The van der Waals surface area contributed by atoms with Crippen LogP contribution in [-0.4, -0.2) is 43.7 Å². The van der Waals surface area contributed by atoms with Gasteiger partial charge in [-0.25, -0.2) is 9.78 Å². The van der Waals surface area contributed by atoms with Crippen molar-refractivity contribution in [2.75, 3.05) is 26.8 Å². The molecular formula is C19H28N4O4S. The van der Waals surface area contributed by atoms with Crippen molar-refractivity contribution in [3.05, 3.63) is 39.7 Å². The van der Waals surface area contributed by atoms with Gasteiger partial charge in [-0.2, -0.15) is 0 Å². The molecule has 154 valence electrons. The quantitative estimate of drug-likeness (QED) is 0.270. The molecule has 2 aromatic rings. The minimum absolute atomic E-state index is 0.0896. The van der Waals surface area contributed by atoms with Gasteiger partial charge in [0.25, 0.3) is 0 Å². The SMILES string of the molecule is CCOC(=O)c1sc(C(C)NC(=NC)NCCCOCc2ccco2)nc1C. The Hall–Kier alpha value is -2.39. The van der Waals surface area contributed by atoms with Crippen molar-refractivity contribution >= 4 is 23.3 Å². The van der Waals surface area contributed by atoms with Crippen LogP contribution in [0.15, 0.2) is 27.8 Å². The number of aromatic nitrogens is 1. The first-order valence-corrected chi connectivity index (χ1v) is 10.1. The summed E-state index contributed by atoms with van der Waals surface area (Å²) in [6.07, 6.45) is 2.47. The summed E-state index contributed by atoms with van der Waals surface area (Å²) in [5.74, 6) is 1.16. The second kappa shape index (κ2) is 11.5. The second-order valence-corrected chi connectivity index (χ2v) is 7.07. The van der Waals surface area contributed by atoms with Crippen molar-refractivity contribution in [1.29, 1.82) is 0 Å². The maximum atomic E-state index is 12.0. The monoisotopic (exact) mass is 408 g/mol. The van der Waals surface area contributed by atoms with Gasteiger partial charge in [-0.05, 0) is 39.3 Å². The molecule has 2 aromatic heterocycles. The van der Waals surface area contributed by atoms with E-state index in [0.29, 0.717) is 36.4 Å². The molecule has 2 rings (SSSR count). The lowest BCUT2D eigenvalue weighted by atomic mass is 10.3. The Labute approximate surface area is 169 Å². The summed E-state index contributed by atoms with van der Waals surface area (Å²) in [4.78, 5) is 21.2. The van der Waals surface area contributed by atoms with Crippen LogP contribution in [0, 0.1) is 6.92 Å². The molecule has 0 aliphatic rings. The highest BCUT2D eigenvalue weighted by atomic mass is 32.1. The van der Waals surface area contributed by atoms with E-state index >= 15 is 0 Å². The lowest BCUT2D eigenvalue weighted by molar-refractivity contribution is 0.0531. The molecule has 0 aliphatic carbocycles. The average molecular weight is 409 g/mol. The Kier molecular flexibility index (Phi) is 8.96. The summed E-state index contributed by atoms with van der Waals surface area (Å²) in [5.41, 5.74) is 0.684. The van der Waals surface area contributed by atoms with Crippen LogP contribution in [0.2, 0.25) is 0 Å². The molecule has 1 unspecified atom stereocenters. The largest absolute Gasteiger partial charge is 0.467 e. The molecule has 0 saturated heterocycles. The predicted octanol–water partition coefficient (Wildman–Crippen LogP) is 3.05. The molecule has 0 aromatic carbocycles. The molecule has 2 N–H and O–H groups in total. The molecule has 0 aliphatic heterocycles. The summed E-state index contributed by atoms with van der Waals surface area (Å²) in [5, 5.41) is 7.35. The van der Waals surface area contributed by atoms with Gasteiger partial charge in [0.2, 0.25) is 0 Å². The average Bonchev–Trinajstić information content (AvgIpc) is 3.33. The van der Waals surface area contributed by atoms with Gasteiger partial charge in [0.1, 0.15) is 22.3 Å². The molecule has 9 heteroatoms. The molecule has 28 heavy (non-hydrogen) atoms. The van der Waals surface area contributed by atoms with Gasteiger partial charge < -0.3 is 24.5 Å². The van der Waals surface area contributed by atoms with E-state index in [-0.39, 0.29) is 12.0 Å². The molecular weight excluding hydrogens is 380 g/mol. The van der Waals surface area contributed by atoms with Crippen molar-refractivity contribution in [3.8, 4) is 0 Å². The maximum absolute atomic E-state index is 12.0. The van der Waals surface area contributed by atoms with Gasteiger partial charge in [0.05, 0.1) is 24.6 Å². The number of aliphatic imine (C=N–C) groups is 1. The van der Waals surface area contributed by atoms with Crippen LogP contribution in [0.5, 0.6) is 0 Å². The fraction of sp³-hybridized carbons (Fsp3) is 0.526. The van der Waals surface area contributed by atoms with E-state index in [1.807, 2.05) is 26.0 Å². The second-order valence-electron chi connectivity index (χ2n) is 6.04. The van der Waals surface area contributed by atoms with Crippen molar-refractivity contribution in [1.82, 2.24) is 15.6 Å². The van der Waals surface area contributed by atoms with Crippen molar-refractivity contribution in [2.45, 2.75) is 39.8 Å². The van der Waals surface area contributed by atoms with Gasteiger partial charge in [-0.3, -0.25) is 4.99 Å². The lowest BCUT2D eigenvalue weighted by Gasteiger charge is -2.16. The number of carbonyl (C=O) groups excluding carboxylic acids is 1. The van der Waals surface area contributed by atoms with Gasteiger partial charge in [0.15, 0.2) is 5.96 Å². The smallest absolute Gasteiger partial charge is 0.350 e. The maximum Gasteiger partial charge on any atom is 0.350 e. The minimum atomic E-state index is -0.326. The Morgan fingerprint density at radius 3 is 2.96 bits per heavy atom. The fourth-order valence-electron chi connectivity index (χ4n) is 2.40. The van der Waals surface area contributed by atoms with Crippen molar-refractivity contribution in [3.63, 3.8) is 0 Å². The Morgan fingerprint density at radius 1 is 1.46 bits per heavy atom. The highest BCUT2D eigenvalue weighted by Gasteiger charge is 2.20. The first-order valence-electron chi connectivity index (χ1n) is 9.26. The number of rotatable bonds is 10. The van der Waals surface area contributed by atoms with Crippen LogP contribution in [0.3, 0.4) is 0 Å². The van der Waals surface area contributed by atoms with E-state index in [9.17, 15) is 4.79 Å². The molecule has 8 nitrogen and oxygen atoms in total. The highest BCUT2D eigenvalue weighted by molar-refractivity contribution is 7.13. The van der Waals surface area contributed by atoms with Gasteiger partial charge in [-0.15, -0.1) is 11.3 Å². The third kappa shape index (κ3) is 6.65. The molecule has 2 heterocycles. The summed E-state index contributed by atoms with van der Waals surface area (Å²) in [6.45, 7) is 7.74. The third-order valence-electron chi connectivity index (χ3n) is 3.80. The summed E-state index contributed by atoms with van der Waals surface area (Å²) in [6, 6.07) is 3.64. The molecule has 0 amide bonds. The van der Waals surface area contributed by atoms with Gasteiger partial charge in [0, 0.05) is 20.2 Å². The van der Waals surface area contributed by atoms with E-state index in [1.165, 1.54) is 11.3 Å². The summed E-state index contributed by atoms with van der Waals surface area (Å²) < 4.78 is 15.8. The molecule has 1 atom stereocenters. The van der Waals surface area contributed by atoms with Crippen LogP contribution in [0.1, 0.15) is 52.4 Å². The lowest BCUT2D eigenvalue weighted by Crippen LogP contribution is -2.39.